The van der Waals surface area contributed by atoms with Crippen LogP contribution in [0.15, 0.2) is 30.3 Å². The molecule has 0 bridgehead atoms. The number of aromatic nitrogens is 2. The second kappa shape index (κ2) is 8.13. The molecule has 7 nitrogen and oxygen atoms in total. The van der Waals surface area contributed by atoms with Gasteiger partial charge < -0.3 is 14.7 Å². The van der Waals surface area contributed by atoms with Crippen molar-refractivity contribution in [3.05, 3.63) is 36.0 Å². The van der Waals surface area contributed by atoms with Crippen LogP contribution in [-0.4, -0.2) is 77.5 Å². The Morgan fingerprint density at radius 2 is 2.04 bits per heavy atom. The zero-order valence-corrected chi connectivity index (χ0v) is 14.4. The van der Waals surface area contributed by atoms with Gasteiger partial charge in [-0.25, -0.2) is 0 Å². The Kier molecular flexibility index (Phi) is 5.67. The van der Waals surface area contributed by atoms with E-state index in [9.17, 15) is 9.90 Å². The maximum absolute atomic E-state index is 12.6. The van der Waals surface area contributed by atoms with Crippen molar-refractivity contribution >= 4 is 5.91 Å². The molecule has 1 amide bonds. The molecule has 1 aliphatic heterocycles. The van der Waals surface area contributed by atoms with Crippen LogP contribution >= 0.6 is 0 Å². The molecule has 0 spiro atoms. The van der Waals surface area contributed by atoms with Gasteiger partial charge in [-0.05, 0) is 24.6 Å². The van der Waals surface area contributed by atoms with E-state index in [1.54, 1.807) is 31.4 Å². The van der Waals surface area contributed by atoms with Gasteiger partial charge in [0, 0.05) is 52.0 Å². The van der Waals surface area contributed by atoms with Gasteiger partial charge in [-0.3, -0.25) is 14.8 Å². The summed E-state index contributed by atoms with van der Waals surface area (Å²) in [6, 6.07) is 8.66. The molecule has 1 aliphatic rings. The number of H-pyrrole nitrogens is 1. The molecule has 1 aromatic carbocycles. The summed E-state index contributed by atoms with van der Waals surface area (Å²) in [5, 5.41) is 16.9. The molecule has 134 valence electrons. The summed E-state index contributed by atoms with van der Waals surface area (Å²) in [6.07, 6.45) is 1.01. The number of phenolic OH excluding ortho intramolecular Hbond substituents is 1. The zero-order chi connectivity index (χ0) is 17.6. The number of amides is 1. The van der Waals surface area contributed by atoms with E-state index >= 15 is 0 Å². The number of aromatic amines is 1. The van der Waals surface area contributed by atoms with Gasteiger partial charge in [0.05, 0.1) is 5.69 Å². The van der Waals surface area contributed by atoms with Crippen LogP contribution in [0.2, 0.25) is 0 Å². The molecule has 25 heavy (non-hydrogen) atoms. The topological polar surface area (TPSA) is 81.7 Å². The minimum Gasteiger partial charge on any atom is -0.507 e. The largest absolute Gasteiger partial charge is 0.507 e. The van der Waals surface area contributed by atoms with E-state index in [-0.39, 0.29) is 11.7 Å². The summed E-state index contributed by atoms with van der Waals surface area (Å²) in [4.78, 5) is 16.8. The molecular formula is C18H24N4O3. The van der Waals surface area contributed by atoms with Crippen molar-refractivity contribution in [2.75, 3.05) is 46.4 Å². The molecule has 3 rings (SSSR count). The first-order chi connectivity index (χ1) is 12.2. The molecule has 7 heteroatoms. The number of hydrogen-bond donors (Lipinski definition) is 2. The normalized spacial score (nSPS) is 15.5. The molecule has 2 N–H and O–H groups in total. The number of ether oxygens (including phenoxy) is 1. The molecule has 0 aliphatic carbocycles. The molecule has 0 radical (unpaired) electrons. The highest BCUT2D eigenvalue weighted by Gasteiger charge is 2.23. The Labute approximate surface area is 147 Å². The average molecular weight is 344 g/mol. The monoisotopic (exact) mass is 344 g/mol. The molecule has 1 fully saturated rings. The summed E-state index contributed by atoms with van der Waals surface area (Å²) in [5.41, 5.74) is 1.63. The van der Waals surface area contributed by atoms with E-state index in [1.165, 1.54) is 0 Å². The Bertz CT molecular complexity index is 708. The Balaban J connectivity index is 1.59. The maximum Gasteiger partial charge on any atom is 0.271 e. The number of nitrogens with one attached hydrogen (secondary N) is 1. The second-order valence-corrected chi connectivity index (χ2v) is 6.16. The van der Waals surface area contributed by atoms with E-state index in [0.29, 0.717) is 30.0 Å². The van der Waals surface area contributed by atoms with Crippen LogP contribution in [0, 0.1) is 0 Å². The van der Waals surface area contributed by atoms with Crippen molar-refractivity contribution in [2.24, 2.45) is 0 Å². The number of carbonyl (C=O) groups is 1. The lowest BCUT2D eigenvalue weighted by Gasteiger charge is -2.34. The number of nitrogens with zero attached hydrogens (tertiary/aromatic N) is 3. The number of aromatic hydroxyl groups is 1. The third kappa shape index (κ3) is 4.18. The Morgan fingerprint density at radius 3 is 2.76 bits per heavy atom. The highest BCUT2D eigenvalue weighted by molar-refractivity contribution is 5.93. The number of benzene rings is 1. The first kappa shape index (κ1) is 17.4. The Hall–Kier alpha value is -2.38. The van der Waals surface area contributed by atoms with Crippen molar-refractivity contribution in [2.45, 2.75) is 6.42 Å². The van der Waals surface area contributed by atoms with Crippen LogP contribution in [0.5, 0.6) is 5.75 Å². The van der Waals surface area contributed by atoms with E-state index < -0.39 is 0 Å². The molecule has 0 atom stereocenters. The molecule has 1 aromatic heterocycles. The highest BCUT2D eigenvalue weighted by Crippen LogP contribution is 2.27. The molecular weight excluding hydrogens is 320 g/mol. The van der Waals surface area contributed by atoms with Gasteiger partial charge in [0.25, 0.3) is 5.91 Å². The van der Waals surface area contributed by atoms with Crippen LogP contribution in [0.4, 0.5) is 0 Å². The number of piperazine rings is 1. The van der Waals surface area contributed by atoms with Gasteiger partial charge in [0.1, 0.15) is 11.4 Å². The third-order valence-corrected chi connectivity index (χ3v) is 4.47. The number of para-hydroxylation sites is 1. The third-order valence-electron chi connectivity index (χ3n) is 4.47. The lowest BCUT2D eigenvalue weighted by molar-refractivity contribution is 0.0618. The van der Waals surface area contributed by atoms with Gasteiger partial charge in [-0.2, -0.15) is 5.10 Å². The second-order valence-electron chi connectivity index (χ2n) is 6.16. The highest BCUT2D eigenvalue weighted by atomic mass is 16.5. The van der Waals surface area contributed by atoms with E-state index in [2.05, 4.69) is 15.1 Å². The summed E-state index contributed by atoms with van der Waals surface area (Å²) in [6.45, 7) is 4.92. The van der Waals surface area contributed by atoms with Gasteiger partial charge in [0.15, 0.2) is 0 Å². The number of rotatable bonds is 6. The molecule has 2 heterocycles. The molecule has 0 saturated carbocycles. The van der Waals surface area contributed by atoms with Crippen molar-refractivity contribution in [3.63, 3.8) is 0 Å². The lowest BCUT2D eigenvalue weighted by Crippen LogP contribution is -2.49. The summed E-state index contributed by atoms with van der Waals surface area (Å²) in [7, 11) is 1.71. The maximum atomic E-state index is 12.6. The smallest absolute Gasteiger partial charge is 0.271 e. The van der Waals surface area contributed by atoms with Crippen LogP contribution in [0.1, 0.15) is 16.9 Å². The first-order valence-corrected chi connectivity index (χ1v) is 8.53. The number of methoxy groups -OCH3 is 1. The van der Waals surface area contributed by atoms with E-state index in [4.69, 9.17) is 4.74 Å². The Morgan fingerprint density at radius 1 is 1.28 bits per heavy atom. The predicted octanol–water partition coefficient (Wildman–Crippen LogP) is 1.58. The van der Waals surface area contributed by atoms with Crippen LogP contribution < -0.4 is 0 Å². The fraction of sp³-hybridized carbons (Fsp3) is 0.444. The number of carbonyl (C=O) groups excluding carboxylic acids is 1. The molecule has 1 saturated heterocycles. The van der Waals surface area contributed by atoms with Gasteiger partial charge >= 0.3 is 0 Å². The SMILES string of the molecule is COCCCN1CCN(C(=O)c2cc(-c3ccccc3O)n[nH]2)CC1. The minimum absolute atomic E-state index is 0.0503. The van der Waals surface area contributed by atoms with Crippen LogP contribution in [0.25, 0.3) is 11.3 Å². The average Bonchev–Trinajstić information content (AvgIpc) is 3.12. The molecule has 2 aromatic rings. The van der Waals surface area contributed by atoms with Crippen molar-refractivity contribution in [1.29, 1.82) is 0 Å². The number of hydrogen-bond acceptors (Lipinski definition) is 5. The van der Waals surface area contributed by atoms with Gasteiger partial charge in [-0.1, -0.05) is 12.1 Å². The van der Waals surface area contributed by atoms with Crippen molar-refractivity contribution < 1.29 is 14.6 Å². The van der Waals surface area contributed by atoms with Gasteiger partial charge in [0.2, 0.25) is 0 Å². The van der Waals surface area contributed by atoms with E-state index in [0.717, 1.165) is 32.7 Å². The van der Waals surface area contributed by atoms with E-state index in [1.807, 2.05) is 11.0 Å². The first-order valence-electron chi connectivity index (χ1n) is 8.53. The fourth-order valence-electron chi connectivity index (χ4n) is 3.04. The number of phenols is 1. The van der Waals surface area contributed by atoms with Crippen molar-refractivity contribution in [3.8, 4) is 17.0 Å². The predicted molar refractivity (Wildman–Crippen MR) is 94.5 cm³/mol. The summed E-state index contributed by atoms with van der Waals surface area (Å²) >= 11 is 0. The molecule has 0 unspecified atom stereocenters. The summed E-state index contributed by atoms with van der Waals surface area (Å²) < 4.78 is 5.08. The quantitative estimate of drug-likeness (QED) is 0.778. The lowest BCUT2D eigenvalue weighted by atomic mass is 10.1. The fourth-order valence-corrected chi connectivity index (χ4v) is 3.04. The van der Waals surface area contributed by atoms with Crippen LogP contribution in [-0.2, 0) is 4.74 Å². The summed E-state index contributed by atoms with van der Waals surface area (Å²) in [5.74, 6) is 0.100. The van der Waals surface area contributed by atoms with Crippen LogP contribution in [0.3, 0.4) is 0 Å². The minimum atomic E-state index is -0.0503. The van der Waals surface area contributed by atoms with Gasteiger partial charge in [-0.15, -0.1) is 0 Å². The standard InChI is InChI=1S/C18H24N4O3/c1-25-12-4-7-21-8-10-22(11-9-21)18(24)16-13-15(19-20-16)14-5-2-3-6-17(14)23/h2-3,5-6,13,23H,4,7-12H2,1H3,(H,19,20). The zero-order valence-electron chi connectivity index (χ0n) is 14.4. The van der Waals surface area contributed by atoms with Crippen molar-refractivity contribution in [1.82, 2.24) is 20.0 Å².